The Morgan fingerprint density at radius 1 is 0.882 bits per heavy atom. The Balaban J connectivity index is 1.35. The van der Waals surface area contributed by atoms with Crippen LogP contribution in [0.4, 0.5) is 17.1 Å². The van der Waals surface area contributed by atoms with Crippen molar-refractivity contribution in [2.75, 3.05) is 23.7 Å². The number of anilines is 2. The van der Waals surface area contributed by atoms with E-state index < -0.39 is 10.8 Å². The Bertz CT molecular complexity index is 1190. The SMILES string of the molecule is O=C(Cc1ccccc1[N+](=O)[O-])Nc1cccc(C(=O)Nc2ccc(CN3CCCC3)cc2)c1. The van der Waals surface area contributed by atoms with Crippen LogP contribution in [0.3, 0.4) is 0 Å². The first-order valence-corrected chi connectivity index (χ1v) is 11.2. The number of nitrogens with zero attached hydrogens (tertiary/aromatic N) is 2. The van der Waals surface area contributed by atoms with Crippen molar-refractivity contribution in [1.29, 1.82) is 0 Å². The first kappa shape index (κ1) is 23.1. The van der Waals surface area contributed by atoms with E-state index >= 15 is 0 Å². The molecular formula is C26H26N4O4. The Kier molecular flexibility index (Phi) is 7.29. The molecule has 8 heteroatoms. The number of amides is 2. The van der Waals surface area contributed by atoms with Gasteiger partial charge in [0.25, 0.3) is 11.6 Å². The maximum Gasteiger partial charge on any atom is 0.273 e. The largest absolute Gasteiger partial charge is 0.326 e. The number of nitro groups is 1. The van der Waals surface area contributed by atoms with Gasteiger partial charge in [-0.15, -0.1) is 0 Å². The lowest BCUT2D eigenvalue weighted by Crippen LogP contribution is -2.18. The third-order valence-corrected chi connectivity index (χ3v) is 5.76. The van der Waals surface area contributed by atoms with Gasteiger partial charge in [0.2, 0.25) is 5.91 Å². The van der Waals surface area contributed by atoms with Crippen molar-refractivity contribution in [1.82, 2.24) is 4.90 Å². The first-order chi connectivity index (χ1) is 16.5. The van der Waals surface area contributed by atoms with E-state index in [0.717, 1.165) is 19.6 Å². The zero-order valence-electron chi connectivity index (χ0n) is 18.7. The maximum atomic E-state index is 12.7. The fraction of sp³-hybridized carbons (Fsp3) is 0.231. The number of hydrogen-bond acceptors (Lipinski definition) is 5. The van der Waals surface area contributed by atoms with E-state index in [1.165, 1.54) is 24.5 Å². The van der Waals surface area contributed by atoms with Gasteiger partial charge in [-0.2, -0.15) is 0 Å². The van der Waals surface area contributed by atoms with Crippen LogP contribution in [0.1, 0.15) is 34.3 Å². The van der Waals surface area contributed by atoms with Gasteiger partial charge in [-0.25, -0.2) is 0 Å². The molecule has 0 unspecified atom stereocenters. The van der Waals surface area contributed by atoms with Gasteiger partial charge >= 0.3 is 0 Å². The van der Waals surface area contributed by atoms with Crippen LogP contribution in [0.2, 0.25) is 0 Å². The molecule has 0 radical (unpaired) electrons. The second-order valence-electron chi connectivity index (χ2n) is 8.33. The van der Waals surface area contributed by atoms with Gasteiger partial charge in [-0.05, 0) is 61.8 Å². The summed E-state index contributed by atoms with van der Waals surface area (Å²) in [7, 11) is 0. The predicted molar refractivity (Wildman–Crippen MR) is 131 cm³/mol. The second kappa shape index (κ2) is 10.7. The zero-order valence-corrected chi connectivity index (χ0v) is 18.7. The van der Waals surface area contributed by atoms with Crippen LogP contribution < -0.4 is 10.6 Å². The lowest BCUT2D eigenvalue weighted by atomic mass is 10.1. The molecule has 0 aromatic heterocycles. The molecule has 0 saturated carbocycles. The number of carbonyl (C=O) groups is 2. The standard InChI is InChI=1S/C26H26N4O4/c31-25(17-20-6-1-2-9-24(20)30(33)34)27-23-8-5-7-21(16-23)26(32)28-22-12-10-19(11-13-22)18-29-14-3-4-15-29/h1-2,5-13,16H,3-4,14-15,17-18H2,(H,27,31)(H,28,32). The molecule has 0 bridgehead atoms. The summed E-state index contributed by atoms with van der Waals surface area (Å²) >= 11 is 0. The number of nitro benzene ring substituents is 1. The minimum Gasteiger partial charge on any atom is -0.326 e. The molecule has 1 aliphatic heterocycles. The molecule has 0 atom stereocenters. The highest BCUT2D eigenvalue weighted by atomic mass is 16.6. The molecule has 1 heterocycles. The summed E-state index contributed by atoms with van der Waals surface area (Å²) in [6, 6.07) is 20.5. The normalized spacial score (nSPS) is 13.4. The number of nitrogens with one attached hydrogen (secondary N) is 2. The van der Waals surface area contributed by atoms with Crippen molar-refractivity contribution in [3.63, 3.8) is 0 Å². The van der Waals surface area contributed by atoms with Gasteiger partial charge in [0.15, 0.2) is 0 Å². The smallest absolute Gasteiger partial charge is 0.273 e. The molecule has 3 aromatic rings. The van der Waals surface area contributed by atoms with Gasteiger partial charge in [-0.1, -0.05) is 36.4 Å². The van der Waals surface area contributed by atoms with E-state index in [-0.39, 0.29) is 18.0 Å². The summed E-state index contributed by atoms with van der Waals surface area (Å²) in [6.07, 6.45) is 2.36. The van der Waals surface area contributed by atoms with Crippen LogP contribution in [0.15, 0.2) is 72.8 Å². The van der Waals surface area contributed by atoms with Crippen molar-refractivity contribution >= 4 is 28.9 Å². The fourth-order valence-corrected chi connectivity index (χ4v) is 4.05. The number of carbonyl (C=O) groups excluding carboxylic acids is 2. The van der Waals surface area contributed by atoms with E-state index in [2.05, 4.69) is 15.5 Å². The molecule has 34 heavy (non-hydrogen) atoms. The predicted octanol–water partition coefficient (Wildman–Crippen LogP) is 4.62. The molecule has 1 saturated heterocycles. The minimum absolute atomic E-state index is 0.0998. The number of rotatable bonds is 8. The highest BCUT2D eigenvalue weighted by Gasteiger charge is 2.16. The lowest BCUT2D eigenvalue weighted by Gasteiger charge is -2.15. The summed E-state index contributed by atoms with van der Waals surface area (Å²) in [6.45, 7) is 3.18. The lowest BCUT2D eigenvalue weighted by molar-refractivity contribution is -0.385. The van der Waals surface area contributed by atoms with Crippen molar-refractivity contribution in [3.8, 4) is 0 Å². The fourth-order valence-electron chi connectivity index (χ4n) is 4.05. The van der Waals surface area contributed by atoms with Gasteiger partial charge in [0.1, 0.15) is 0 Å². The van der Waals surface area contributed by atoms with E-state index in [1.807, 2.05) is 24.3 Å². The highest BCUT2D eigenvalue weighted by Crippen LogP contribution is 2.20. The Labute approximate surface area is 197 Å². The van der Waals surface area contributed by atoms with Gasteiger partial charge < -0.3 is 10.6 Å². The van der Waals surface area contributed by atoms with Crippen molar-refractivity contribution < 1.29 is 14.5 Å². The second-order valence-corrected chi connectivity index (χ2v) is 8.33. The molecule has 8 nitrogen and oxygen atoms in total. The number of para-hydroxylation sites is 1. The van der Waals surface area contributed by atoms with Crippen molar-refractivity contribution in [3.05, 3.63) is 99.6 Å². The molecular weight excluding hydrogens is 432 g/mol. The molecule has 3 aromatic carbocycles. The topological polar surface area (TPSA) is 105 Å². The Morgan fingerprint density at radius 2 is 1.62 bits per heavy atom. The van der Waals surface area contributed by atoms with Crippen LogP contribution in [-0.4, -0.2) is 34.7 Å². The van der Waals surface area contributed by atoms with Crippen LogP contribution in [-0.2, 0) is 17.8 Å². The molecule has 0 aliphatic carbocycles. The number of hydrogen-bond donors (Lipinski definition) is 2. The Hall–Kier alpha value is -4.04. The summed E-state index contributed by atoms with van der Waals surface area (Å²) in [5.74, 6) is -0.692. The van der Waals surface area contributed by atoms with Crippen molar-refractivity contribution in [2.24, 2.45) is 0 Å². The summed E-state index contributed by atoms with van der Waals surface area (Å²) in [5.41, 5.74) is 2.97. The summed E-state index contributed by atoms with van der Waals surface area (Å²) < 4.78 is 0. The Morgan fingerprint density at radius 3 is 2.35 bits per heavy atom. The van der Waals surface area contributed by atoms with Crippen LogP contribution >= 0.6 is 0 Å². The van der Waals surface area contributed by atoms with Crippen LogP contribution in [0, 0.1) is 10.1 Å². The zero-order chi connectivity index (χ0) is 23.9. The maximum absolute atomic E-state index is 12.7. The minimum atomic E-state index is -0.507. The first-order valence-electron chi connectivity index (χ1n) is 11.2. The molecule has 1 fully saturated rings. The number of likely N-dealkylation sites (tertiary alicyclic amines) is 1. The molecule has 0 spiro atoms. The summed E-state index contributed by atoms with van der Waals surface area (Å²) in [4.78, 5) is 38.2. The van der Waals surface area contributed by atoms with Gasteiger partial charge in [-0.3, -0.25) is 24.6 Å². The molecule has 174 valence electrons. The average Bonchev–Trinajstić information content (AvgIpc) is 3.34. The van der Waals surface area contributed by atoms with E-state index in [9.17, 15) is 19.7 Å². The highest BCUT2D eigenvalue weighted by molar-refractivity contribution is 6.05. The van der Waals surface area contributed by atoms with Crippen LogP contribution in [0.5, 0.6) is 0 Å². The van der Waals surface area contributed by atoms with Crippen molar-refractivity contribution in [2.45, 2.75) is 25.8 Å². The van der Waals surface area contributed by atoms with E-state index in [4.69, 9.17) is 0 Å². The quantitative estimate of drug-likeness (QED) is 0.378. The van der Waals surface area contributed by atoms with Gasteiger partial charge in [0, 0.05) is 35.1 Å². The van der Waals surface area contributed by atoms with E-state index in [1.54, 1.807) is 42.5 Å². The average molecular weight is 459 g/mol. The number of benzene rings is 3. The van der Waals surface area contributed by atoms with Crippen LogP contribution in [0.25, 0.3) is 0 Å². The molecule has 2 N–H and O–H groups in total. The molecule has 4 rings (SSSR count). The van der Waals surface area contributed by atoms with Gasteiger partial charge in [0.05, 0.1) is 11.3 Å². The summed E-state index contributed by atoms with van der Waals surface area (Å²) in [5, 5.41) is 16.7. The third-order valence-electron chi connectivity index (χ3n) is 5.76. The third kappa shape index (κ3) is 6.05. The molecule has 2 amide bonds. The van der Waals surface area contributed by atoms with E-state index in [0.29, 0.717) is 22.5 Å². The molecule has 1 aliphatic rings. The monoisotopic (exact) mass is 458 g/mol.